The molecule has 2 atom stereocenters. The number of hydrogen-bond acceptors (Lipinski definition) is 5. The second-order valence-corrected chi connectivity index (χ2v) is 6.39. The van der Waals surface area contributed by atoms with Gasteiger partial charge in [-0.15, -0.1) is 0 Å². The Labute approximate surface area is 127 Å². The van der Waals surface area contributed by atoms with Crippen LogP contribution in [0.1, 0.15) is 70.1 Å². The van der Waals surface area contributed by atoms with E-state index in [4.69, 9.17) is 9.51 Å². The summed E-state index contributed by atoms with van der Waals surface area (Å²) in [5.74, 6) is 2.05. The molecule has 0 spiro atoms. The van der Waals surface area contributed by atoms with Crippen LogP contribution >= 0.6 is 0 Å². The molecule has 1 N–H and O–H groups in total. The van der Waals surface area contributed by atoms with Gasteiger partial charge in [-0.05, 0) is 43.8 Å². The van der Waals surface area contributed by atoms with Crippen LogP contribution in [0.5, 0.6) is 0 Å². The maximum absolute atomic E-state index is 5.65. The molecule has 21 heavy (non-hydrogen) atoms. The topological polar surface area (TPSA) is 54.2 Å². The summed E-state index contributed by atoms with van der Waals surface area (Å²) in [6.45, 7) is 5.32. The Kier molecular flexibility index (Phi) is 5.12. The molecule has 0 radical (unpaired) electrons. The van der Waals surface area contributed by atoms with Crippen LogP contribution in [0, 0.1) is 0 Å². The van der Waals surface area contributed by atoms with Gasteiger partial charge in [0.1, 0.15) is 0 Å². The lowest BCUT2D eigenvalue weighted by atomic mass is 9.94. The third-order valence-electron chi connectivity index (χ3n) is 4.87. The van der Waals surface area contributed by atoms with Crippen LogP contribution < -0.4 is 10.2 Å². The highest BCUT2D eigenvalue weighted by Gasteiger charge is 2.30. The summed E-state index contributed by atoms with van der Waals surface area (Å²) in [6.07, 6.45) is 10.1. The van der Waals surface area contributed by atoms with Gasteiger partial charge in [0.15, 0.2) is 0 Å². The number of piperidine rings is 1. The normalized spacial score (nSPS) is 27.6. The highest BCUT2D eigenvalue weighted by Crippen LogP contribution is 2.32. The smallest absolute Gasteiger partial charge is 0.266 e. The summed E-state index contributed by atoms with van der Waals surface area (Å²) in [7, 11) is 0. The Morgan fingerprint density at radius 3 is 2.67 bits per heavy atom. The van der Waals surface area contributed by atoms with Crippen molar-refractivity contribution in [3.63, 3.8) is 0 Å². The summed E-state index contributed by atoms with van der Waals surface area (Å²) < 4.78 is 5.65. The number of likely N-dealkylation sites (N-methyl/N-ethyl adjacent to an activating group) is 1. The minimum atomic E-state index is 0.387. The summed E-state index contributed by atoms with van der Waals surface area (Å²) in [6, 6.07) is 0.493. The van der Waals surface area contributed by atoms with E-state index in [1.54, 1.807) is 0 Å². The summed E-state index contributed by atoms with van der Waals surface area (Å²) in [5, 5.41) is 7.87. The van der Waals surface area contributed by atoms with Crippen molar-refractivity contribution in [1.29, 1.82) is 0 Å². The SMILES string of the molecule is CCNC1CCCCCC1c1nc(N2CCCCC2)no1. The molecule has 1 aliphatic carbocycles. The van der Waals surface area contributed by atoms with Gasteiger partial charge in [-0.25, -0.2) is 0 Å². The van der Waals surface area contributed by atoms with E-state index in [1.807, 2.05) is 0 Å². The van der Waals surface area contributed by atoms with Crippen LogP contribution in [0.15, 0.2) is 4.52 Å². The van der Waals surface area contributed by atoms with Crippen molar-refractivity contribution in [2.45, 2.75) is 70.3 Å². The fourth-order valence-electron chi connectivity index (χ4n) is 3.71. The molecule has 118 valence electrons. The fraction of sp³-hybridized carbons (Fsp3) is 0.875. The number of nitrogens with one attached hydrogen (secondary N) is 1. The van der Waals surface area contributed by atoms with Crippen LogP contribution in [0.4, 0.5) is 5.95 Å². The number of nitrogens with zero attached hydrogens (tertiary/aromatic N) is 3. The number of aromatic nitrogens is 2. The first kappa shape index (κ1) is 14.8. The van der Waals surface area contributed by atoms with Gasteiger partial charge in [-0.2, -0.15) is 4.98 Å². The second-order valence-electron chi connectivity index (χ2n) is 6.39. The lowest BCUT2D eigenvalue weighted by molar-refractivity contribution is 0.305. The number of anilines is 1. The molecule has 2 heterocycles. The molecule has 1 aromatic heterocycles. The van der Waals surface area contributed by atoms with E-state index in [-0.39, 0.29) is 0 Å². The minimum Gasteiger partial charge on any atom is -0.338 e. The molecule has 0 amide bonds. The van der Waals surface area contributed by atoms with Crippen molar-refractivity contribution < 1.29 is 4.52 Å². The van der Waals surface area contributed by atoms with Crippen molar-refractivity contribution in [2.24, 2.45) is 0 Å². The molecule has 3 rings (SSSR count). The van der Waals surface area contributed by atoms with Crippen molar-refractivity contribution >= 4 is 5.95 Å². The zero-order valence-corrected chi connectivity index (χ0v) is 13.2. The van der Waals surface area contributed by atoms with Gasteiger partial charge in [0.05, 0.1) is 5.92 Å². The van der Waals surface area contributed by atoms with E-state index in [0.29, 0.717) is 12.0 Å². The molecule has 1 saturated heterocycles. The number of hydrogen-bond donors (Lipinski definition) is 1. The Balaban J connectivity index is 1.72. The molecule has 0 aromatic carbocycles. The van der Waals surface area contributed by atoms with E-state index >= 15 is 0 Å². The zero-order valence-electron chi connectivity index (χ0n) is 13.2. The maximum atomic E-state index is 5.65. The quantitative estimate of drug-likeness (QED) is 0.864. The lowest BCUT2D eigenvalue weighted by Gasteiger charge is -2.25. The third-order valence-corrected chi connectivity index (χ3v) is 4.87. The first-order valence-electron chi connectivity index (χ1n) is 8.70. The van der Waals surface area contributed by atoms with Gasteiger partial charge in [0.2, 0.25) is 5.89 Å². The van der Waals surface area contributed by atoms with Crippen molar-refractivity contribution in [1.82, 2.24) is 15.5 Å². The van der Waals surface area contributed by atoms with Gasteiger partial charge >= 0.3 is 0 Å². The molecule has 2 unspecified atom stereocenters. The molecule has 5 heteroatoms. The van der Waals surface area contributed by atoms with E-state index in [9.17, 15) is 0 Å². The Hall–Kier alpha value is -1.10. The zero-order chi connectivity index (χ0) is 14.5. The third kappa shape index (κ3) is 3.57. The Bertz CT molecular complexity index is 428. The predicted octanol–water partition coefficient (Wildman–Crippen LogP) is 3.09. The highest BCUT2D eigenvalue weighted by molar-refractivity contribution is 5.28. The largest absolute Gasteiger partial charge is 0.338 e. The van der Waals surface area contributed by atoms with Crippen LogP contribution in [-0.4, -0.2) is 35.8 Å². The molecule has 1 aromatic rings. The lowest BCUT2D eigenvalue weighted by Crippen LogP contribution is -2.34. The monoisotopic (exact) mass is 292 g/mol. The molecular formula is C16H28N4O. The first-order chi connectivity index (χ1) is 10.4. The molecule has 2 fully saturated rings. The van der Waals surface area contributed by atoms with Crippen molar-refractivity contribution in [3.8, 4) is 0 Å². The molecule has 0 bridgehead atoms. The summed E-state index contributed by atoms with van der Waals surface area (Å²) in [5.41, 5.74) is 0. The van der Waals surface area contributed by atoms with Gasteiger partial charge < -0.3 is 14.7 Å². The first-order valence-corrected chi connectivity index (χ1v) is 8.70. The average Bonchev–Trinajstić information content (AvgIpc) is 2.90. The molecule has 1 saturated carbocycles. The Morgan fingerprint density at radius 2 is 1.86 bits per heavy atom. The van der Waals surface area contributed by atoms with Crippen LogP contribution in [0.3, 0.4) is 0 Å². The van der Waals surface area contributed by atoms with Crippen LogP contribution in [0.25, 0.3) is 0 Å². The maximum Gasteiger partial charge on any atom is 0.266 e. The van der Waals surface area contributed by atoms with Crippen LogP contribution in [0.2, 0.25) is 0 Å². The molecule has 1 aliphatic heterocycles. The van der Waals surface area contributed by atoms with E-state index in [2.05, 4.69) is 22.3 Å². The standard InChI is InChI=1S/C16H28N4O/c1-2-17-14-10-6-3-5-9-13(14)15-18-16(19-21-15)20-11-7-4-8-12-20/h13-14,17H,2-12H2,1H3. The van der Waals surface area contributed by atoms with E-state index < -0.39 is 0 Å². The number of rotatable bonds is 4. The predicted molar refractivity (Wildman–Crippen MR) is 83.7 cm³/mol. The van der Waals surface area contributed by atoms with E-state index in [1.165, 1.54) is 51.4 Å². The second kappa shape index (κ2) is 7.25. The van der Waals surface area contributed by atoms with Crippen molar-refractivity contribution in [3.05, 3.63) is 5.89 Å². The van der Waals surface area contributed by atoms with Gasteiger partial charge in [-0.3, -0.25) is 0 Å². The molecule has 5 nitrogen and oxygen atoms in total. The van der Waals surface area contributed by atoms with E-state index in [0.717, 1.165) is 31.5 Å². The fourth-order valence-corrected chi connectivity index (χ4v) is 3.71. The Morgan fingerprint density at radius 1 is 1.10 bits per heavy atom. The molecular weight excluding hydrogens is 264 g/mol. The van der Waals surface area contributed by atoms with Gasteiger partial charge in [0.25, 0.3) is 5.95 Å². The van der Waals surface area contributed by atoms with Crippen LogP contribution in [-0.2, 0) is 0 Å². The highest BCUT2D eigenvalue weighted by atomic mass is 16.5. The summed E-state index contributed by atoms with van der Waals surface area (Å²) in [4.78, 5) is 7.01. The average molecular weight is 292 g/mol. The summed E-state index contributed by atoms with van der Waals surface area (Å²) >= 11 is 0. The van der Waals surface area contributed by atoms with Gasteiger partial charge in [0, 0.05) is 19.1 Å². The minimum absolute atomic E-state index is 0.387. The van der Waals surface area contributed by atoms with Gasteiger partial charge in [-0.1, -0.05) is 26.2 Å². The van der Waals surface area contributed by atoms with Crippen molar-refractivity contribution in [2.75, 3.05) is 24.5 Å². The molecule has 2 aliphatic rings.